The van der Waals surface area contributed by atoms with Gasteiger partial charge in [-0.05, 0) is 55.4 Å². The van der Waals surface area contributed by atoms with Crippen LogP contribution in [0.1, 0.15) is 90.5 Å². The van der Waals surface area contributed by atoms with Crippen LogP contribution >= 0.6 is 0 Å². The molecule has 1 N–H and O–H groups in total. The Bertz CT molecular complexity index is 1090. The minimum Gasteiger partial charge on any atom is -0.494 e. The van der Waals surface area contributed by atoms with E-state index < -0.39 is 11.3 Å². The molecule has 3 rings (SSSR count). The van der Waals surface area contributed by atoms with Gasteiger partial charge in [0, 0.05) is 6.04 Å². The van der Waals surface area contributed by atoms with Crippen LogP contribution in [0.15, 0.2) is 23.0 Å². The Morgan fingerprint density at radius 2 is 1.94 bits per heavy atom. The van der Waals surface area contributed by atoms with Crippen LogP contribution in [0.3, 0.4) is 0 Å². The molecular weight excluding hydrogens is 392 g/mol. The summed E-state index contributed by atoms with van der Waals surface area (Å²) in [6, 6.07) is 7.60. The third kappa shape index (κ3) is 4.51. The predicted octanol–water partition coefficient (Wildman–Crippen LogP) is 4.93. The van der Waals surface area contributed by atoms with Crippen molar-refractivity contribution in [2.24, 2.45) is 0 Å². The molecule has 0 atom stereocenters. The summed E-state index contributed by atoms with van der Waals surface area (Å²) >= 11 is 0. The maximum absolute atomic E-state index is 13.1. The zero-order valence-electron chi connectivity index (χ0n) is 18.7. The third-order valence-corrected chi connectivity index (χ3v) is 6.11. The number of Topliss-reactive ketones (excluding diaryl/α,β-unsaturated/α-hetero) is 1. The Balaban J connectivity index is 1.99. The topological polar surface area (TPSA) is 92.3 Å². The number of ether oxygens (including phenoxy) is 1. The average Bonchev–Trinajstić information content (AvgIpc) is 2.73. The summed E-state index contributed by atoms with van der Waals surface area (Å²) < 4.78 is 7.12. The highest BCUT2D eigenvalue weighted by atomic mass is 16.5. The number of ketones is 1. The molecule has 1 heterocycles. The summed E-state index contributed by atoms with van der Waals surface area (Å²) in [5, 5.41) is 20.5. The second-order valence-corrected chi connectivity index (χ2v) is 8.69. The zero-order valence-corrected chi connectivity index (χ0v) is 18.7. The SMILES string of the molecule is Cc1ccc(C(C)C)c(OCC(=O)c2c(C)c(C#N)c(=O)n(C3CCCCC3)c2O)c1. The van der Waals surface area contributed by atoms with Gasteiger partial charge in [-0.3, -0.25) is 14.2 Å². The van der Waals surface area contributed by atoms with Crippen molar-refractivity contribution in [3.8, 4) is 17.7 Å². The predicted molar refractivity (Wildman–Crippen MR) is 119 cm³/mol. The molecule has 0 spiro atoms. The van der Waals surface area contributed by atoms with Gasteiger partial charge >= 0.3 is 0 Å². The summed E-state index contributed by atoms with van der Waals surface area (Å²) in [6.07, 6.45) is 4.46. The molecule has 0 unspecified atom stereocenters. The van der Waals surface area contributed by atoms with Crippen LogP contribution in [0.5, 0.6) is 11.6 Å². The molecule has 1 fully saturated rings. The highest BCUT2D eigenvalue weighted by Crippen LogP contribution is 2.33. The molecule has 0 radical (unpaired) electrons. The van der Waals surface area contributed by atoms with E-state index in [0.717, 1.165) is 43.2 Å². The van der Waals surface area contributed by atoms with Crippen molar-refractivity contribution in [3.63, 3.8) is 0 Å². The number of pyridine rings is 1. The van der Waals surface area contributed by atoms with Gasteiger partial charge in [-0.1, -0.05) is 45.2 Å². The van der Waals surface area contributed by atoms with Gasteiger partial charge in [0.05, 0.1) is 5.56 Å². The molecule has 0 aliphatic heterocycles. The van der Waals surface area contributed by atoms with Crippen LogP contribution in [0.2, 0.25) is 0 Å². The van der Waals surface area contributed by atoms with Crippen molar-refractivity contribution < 1.29 is 14.6 Å². The molecule has 1 aromatic carbocycles. The molecule has 1 saturated carbocycles. The maximum atomic E-state index is 13.1. The minimum absolute atomic E-state index is 0.000438. The normalized spacial score (nSPS) is 14.5. The number of nitriles is 1. The van der Waals surface area contributed by atoms with Crippen molar-refractivity contribution in [1.82, 2.24) is 4.57 Å². The average molecular weight is 423 g/mol. The van der Waals surface area contributed by atoms with E-state index in [1.54, 1.807) is 0 Å². The number of aromatic nitrogens is 1. The summed E-state index contributed by atoms with van der Waals surface area (Å²) in [5.41, 5.74) is 1.60. The van der Waals surface area contributed by atoms with Crippen LogP contribution in [-0.2, 0) is 0 Å². The fraction of sp³-hybridized carbons (Fsp3) is 0.480. The summed E-state index contributed by atoms with van der Waals surface area (Å²) in [5.74, 6) is 0.0448. The molecule has 1 aromatic heterocycles. The Hall–Kier alpha value is -3.07. The minimum atomic E-state index is -0.525. The Kier molecular flexibility index (Phi) is 6.84. The number of carbonyl (C=O) groups excluding carboxylic acids is 1. The molecule has 164 valence electrons. The molecule has 1 aliphatic rings. The molecule has 2 aromatic rings. The summed E-state index contributed by atoms with van der Waals surface area (Å²) in [7, 11) is 0. The lowest BCUT2D eigenvalue weighted by Gasteiger charge is -2.26. The summed E-state index contributed by atoms with van der Waals surface area (Å²) in [4.78, 5) is 26.0. The monoisotopic (exact) mass is 422 g/mol. The van der Waals surface area contributed by atoms with Gasteiger partial charge in [0.1, 0.15) is 17.4 Å². The Morgan fingerprint density at radius 1 is 1.26 bits per heavy atom. The first-order valence-electron chi connectivity index (χ1n) is 10.9. The molecule has 1 aliphatic carbocycles. The molecule has 0 bridgehead atoms. The number of aryl methyl sites for hydroxylation is 1. The van der Waals surface area contributed by atoms with Crippen LogP contribution in [-0.4, -0.2) is 22.1 Å². The van der Waals surface area contributed by atoms with E-state index in [4.69, 9.17) is 4.74 Å². The van der Waals surface area contributed by atoms with Crippen LogP contribution in [0, 0.1) is 25.2 Å². The number of benzene rings is 1. The zero-order chi connectivity index (χ0) is 22.7. The van der Waals surface area contributed by atoms with Gasteiger partial charge in [0.25, 0.3) is 5.56 Å². The molecule has 31 heavy (non-hydrogen) atoms. The first-order chi connectivity index (χ1) is 14.8. The van der Waals surface area contributed by atoms with E-state index in [-0.39, 0.29) is 41.1 Å². The number of aromatic hydroxyl groups is 1. The van der Waals surface area contributed by atoms with Crippen molar-refractivity contribution in [1.29, 1.82) is 5.26 Å². The number of hydrogen-bond acceptors (Lipinski definition) is 5. The van der Waals surface area contributed by atoms with Gasteiger partial charge < -0.3 is 9.84 Å². The Labute approximate surface area is 183 Å². The molecule has 6 nitrogen and oxygen atoms in total. The fourth-order valence-corrected chi connectivity index (χ4v) is 4.39. The number of hydrogen-bond donors (Lipinski definition) is 1. The van der Waals surface area contributed by atoms with Gasteiger partial charge in [0.15, 0.2) is 6.61 Å². The second-order valence-electron chi connectivity index (χ2n) is 8.69. The van der Waals surface area contributed by atoms with Crippen LogP contribution in [0.25, 0.3) is 0 Å². The maximum Gasteiger partial charge on any atom is 0.271 e. The highest BCUT2D eigenvalue weighted by Gasteiger charge is 2.28. The highest BCUT2D eigenvalue weighted by molar-refractivity contribution is 6.01. The van der Waals surface area contributed by atoms with Gasteiger partial charge in [-0.25, -0.2) is 0 Å². The fourth-order valence-electron chi connectivity index (χ4n) is 4.39. The number of nitrogens with zero attached hydrogens (tertiary/aromatic N) is 2. The lowest BCUT2D eigenvalue weighted by Crippen LogP contribution is -2.31. The lowest BCUT2D eigenvalue weighted by atomic mass is 9.93. The largest absolute Gasteiger partial charge is 0.494 e. The standard InChI is InChI=1S/C25H30N2O4/c1-15(2)19-11-10-16(3)12-22(19)31-14-21(28)23-17(4)20(13-26)24(29)27(25(23)30)18-8-6-5-7-9-18/h10-12,15,18,30H,5-9,14H2,1-4H3. The molecule has 0 amide bonds. The second kappa shape index (κ2) is 9.38. The van der Waals surface area contributed by atoms with Crippen LogP contribution in [0.4, 0.5) is 0 Å². The van der Waals surface area contributed by atoms with E-state index in [0.29, 0.717) is 5.75 Å². The number of carbonyl (C=O) groups is 1. The van der Waals surface area contributed by atoms with E-state index in [1.807, 2.05) is 31.2 Å². The summed E-state index contributed by atoms with van der Waals surface area (Å²) in [6.45, 7) is 7.30. The Morgan fingerprint density at radius 3 is 2.55 bits per heavy atom. The van der Waals surface area contributed by atoms with Crippen molar-refractivity contribution in [2.45, 2.75) is 71.8 Å². The molecular formula is C25H30N2O4. The smallest absolute Gasteiger partial charge is 0.271 e. The molecule has 0 saturated heterocycles. The van der Waals surface area contributed by atoms with Crippen molar-refractivity contribution >= 4 is 5.78 Å². The van der Waals surface area contributed by atoms with E-state index >= 15 is 0 Å². The first-order valence-corrected chi connectivity index (χ1v) is 10.9. The third-order valence-electron chi connectivity index (χ3n) is 6.11. The first kappa shape index (κ1) is 22.6. The van der Waals surface area contributed by atoms with Crippen molar-refractivity contribution in [2.75, 3.05) is 6.61 Å². The number of rotatable bonds is 6. The lowest BCUT2D eigenvalue weighted by molar-refractivity contribution is 0.0914. The van der Waals surface area contributed by atoms with Gasteiger partial charge in [0.2, 0.25) is 11.7 Å². The van der Waals surface area contributed by atoms with E-state index in [2.05, 4.69) is 13.8 Å². The molecule has 6 heteroatoms. The van der Waals surface area contributed by atoms with Crippen molar-refractivity contribution in [3.05, 3.63) is 56.4 Å². The van der Waals surface area contributed by atoms with E-state index in [1.165, 1.54) is 11.5 Å². The quantitative estimate of drug-likeness (QED) is 0.666. The van der Waals surface area contributed by atoms with Gasteiger partial charge in [-0.15, -0.1) is 0 Å². The van der Waals surface area contributed by atoms with Crippen LogP contribution < -0.4 is 10.3 Å². The van der Waals surface area contributed by atoms with E-state index in [9.17, 15) is 20.0 Å². The van der Waals surface area contributed by atoms with Gasteiger partial charge in [-0.2, -0.15) is 5.26 Å².